The zero-order valence-electron chi connectivity index (χ0n) is 6.50. The van der Waals surface area contributed by atoms with Gasteiger partial charge in [-0.2, -0.15) is 0 Å². The molecule has 0 spiro atoms. The highest BCUT2D eigenvalue weighted by atomic mass is 79.9. The quantitative estimate of drug-likeness (QED) is 0.744. The predicted molar refractivity (Wildman–Crippen MR) is 56.7 cm³/mol. The molecule has 0 saturated heterocycles. The molecule has 0 N–H and O–H groups in total. The van der Waals surface area contributed by atoms with E-state index in [1.54, 1.807) is 12.4 Å². The van der Waals surface area contributed by atoms with E-state index in [4.69, 9.17) is 11.6 Å². The van der Waals surface area contributed by atoms with Crippen LogP contribution in [0.15, 0.2) is 24.5 Å². The summed E-state index contributed by atoms with van der Waals surface area (Å²) in [5.74, 6) is 0. The van der Waals surface area contributed by atoms with Crippen LogP contribution in [0.3, 0.4) is 0 Å². The van der Waals surface area contributed by atoms with Crippen LogP contribution in [0, 0.1) is 0 Å². The highest BCUT2D eigenvalue weighted by molar-refractivity contribution is 9.09. The Morgan fingerprint density at radius 3 is 3.08 bits per heavy atom. The summed E-state index contributed by atoms with van der Waals surface area (Å²) in [6, 6.07) is 1.90. The molecule has 0 fully saturated rings. The Morgan fingerprint density at radius 1 is 1.58 bits per heavy atom. The first-order valence-electron chi connectivity index (χ1n) is 3.66. The minimum Gasteiger partial charge on any atom is -0.263 e. The molecule has 1 heterocycles. The van der Waals surface area contributed by atoms with Crippen LogP contribution >= 0.6 is 27.5 Å². The number of halogens is 2. The van der Waals surface area contributed by atoms with Crippen LogP contribution < -0.4 is 0 Å². The third kappa shape index (κ3) is 2.95. The van der Waals surface area contributed by atoms with Crippen molar-refractivity contribution in [2.45, 2.75) is 6.42 Å². The molecule has 1 nitrogen and oxygen atoms in total. The molecular formula is C9H9BrClN. The minimum atomic E-state index is 0.698. The second-order valence-electron chi connectivity index (χ2n) is 2.28. The fourth-order valence-corrected chi connectivity index (χ4v) is 1.24. The van der Waals surface area contributed by atoms with Crippen LogP contribution in [-0.2, 0) is 0 Å². The molecule has 3 heteroatoms. The maximum absolute atomic E-state index is 5.88. The van der Waals surface area contributed by atoms with Crippen molar-refractivity contribution in [3.8, 4) is 0 Å². The molecule has 1 aromatic heterocycles. The normalized spacial score (nSPS) is 10.8. The van der Waals surface area contributed by atoms with E-state index >= 15 is 0 Å². The fourth-order valence-electron chi connectivity index (χ4n) is 0.794. The van der Waals surface area contributed by atoms with Crippen LogP contribution in [0.4, 0.5) is 0 Å². The molecule has 1 rings (SSSR count). The van der Waals surface area contributed by atoms with Gasteiger partial charge < -0.3 is 0 Å². The van der Waals surface area contributed by atoms with Gasteiger partial charge in [0.2, 0.25) is 0 Å². The lowest BCUT2D eigenvalue weighted by molar-refractivity contribution is 1.27. The van der Waals surface area contributed by atoms with Gasteiger partial charge in [-0.1, -0.05) is 39.7 Å². The minimum absolute atomic E-state index is 0.698. The summed E-state index contributed by atoms with van der Waals surface area (Å²) in [6.45, 7) is 0. The Morgan fingerprint density at radius 2 is 2.42 bits per heavy atom. The Hall–Kier alpha value is -0.340. The molecule has 64 valence electrons. The molecule has 0 saturated carbocycles. The van der Waals surface area contributed by atoms with Crippen molar-refractivity contribution in [2.75, 3.05) is 5.33 Å². The largest absolute Gasteiger partial charge is 0.263 e. The molecule has 0 aliphatic carbocycles. The lowest BCUT2D eigenvalue weighted by Crippen LogP contribution is -1.76. The van der Waals surface area contributed by atoms with Crippen molar-refractivity contribution >= 4 is 33.6 Å². The average molecular weight is 247 g/mol. The van der Waals surface area contributed by atoms with Crippen molar-refractivity contribution in [2.24, 2.45) is 0 Å². The van der Waals surface area contributed by atoms with Crippen molar-refractivity contribution in [1.82, 2.24) is 4.98 Å². The summed E-state index contributed by atoms with van der Waals surface area (Å²) in [4.78, 5) is 3.90. The Labute approximate surface area is 85.6 Å². The lowest BCUT2D eigenvalue weighted by atomic mass is 10.2. The van der Waals surface area contributed by atoms with E-state index in [1.807, 2.05) is 12.1 Å². The monoisotopic (exact) mass is 245 g/mol. The molecular weight excluding hydrogens is 237 g/mol. The van der Waals surface area contributed by atoms with Gasteiger partial charge in [-0.3, -0.25) is 4.98 Å². The molecule has 12 heavy (non-hydrogen) atoms. The van der Waals surface area contributed by atoms with Crippen LogP contribution in [0.2, 0.25) is 5.02 Å². The molecule has 0 amide bonds. The summed E-state index contributed by atoms with van der Waals surface area (Å²) >= 11 is 9.22. The van der Waals surface area contributed by atoms with Crippen molar-refractivity contribution in [1.29, 1.82) is 0 Å². The average Bonchev–Trinajstić information content (AvgIpc) is 2.09. The van der Waals surface area contributed by atoms with E-state index < -0.39 is 0 Å². The van der Waals surface area contributed by atoms with Crippen molar-refractivity contribution in [3.05, 3.63) is 35.1 Å². The van der Waals surface area contributed by atoms with Gasteiger partial charge in [0.15, 0.2) is 0 Å². The maximum atomic E-state index is 5.88. The summed E-state index contributed by atoms with van der Waals surface area (Å²) < 4.78 is 0. The van der Waals surface area contributed by atoms with Gasteiger partial charge in [0.05, 0.1) is 5.02 Å². The molecule has 0 unspecified atom stereocenters. The molecule has 0 radical (unpaired) electrons. The maximum Gasteiger partial charge on any atom is 0.0661 e. The summed E-state index contributed by atoms with van der Waals surface area (Å²) in [7, 11) is 0. The first-order valence-corrected chi connectivity index (χ1v) is 5.16. The second kappa shape index (κ2) is 5.33. The van der Waals surface area contributed by atoms with Crippen LogP contribution in [-0.4, -0.2) is 10.3 Å². The Bertz CT molecular complexity index is 273. The van der Waals surface area contributed by atoms with E-state index in [0.717, 1.165) is 17.3 Å². The molecule has 1 aromatic rings. The van der Waals surface area contributed by atoms with Crippen LogP contribution in [0.5, 0.6) is 0 Å². The van der Waals surface area contributed by atoms with Gasteiger partial charge in [-0.25, -0.2) is 0 Å². The molecule has 0 aliphatic rings. The van der Waals surface area contributed by atoms with Gasteiger partial charge in [0.25, 0.3) is 0 Å². The number of hydrogen-bond donors (Lipinski definition) is 0. The number of pyridine rings is 1. The molecule has 0 aliphatic heterocycles. The first-order chi connectivity index (χ1) is 5.84. The van der Waals surface area contributed by atoms with Gasteiger partial charge in [-0.05, 0) is 18.1 Å². The Balaban J connectivity index is 2.68. The standard InChI is InChI=1S/C9H9BrClN/c10-5-2-1-3-8-4-6-12-7-9(8)11/h1,3-4,6-7H,2,5H2. The predicted octanol–water partition coefficient (Wildman–Crippen LogP) is 3.53. The molecule has 0 aromatic carbocycles. The SMILES string of the molecule is Clc1cnccc1C=CCCBr. The van der Waals surface area contributed by atoms with Crippen LogP contribution in [0.1, 0.15) is 12.0 Å². The highest BCUT2D eigenvalue weighted by Gasteiger charge is 1.92. The third-order valence-electron chi connectivity index (χ3n) is 1.38. The summed E-state index contributed by atoms with van der Waals surface area (Å²) in [6.07, 6.45) is 8.48. The topological polar surface area (TPSA) is 12.9 Å². The number of aromatic nitrogens is 1. The van der Waals surface area contributed by atoms with Crippen molar-refractivity contribution in [3.63, 3.8) is 0 Å². The second-order valence-corrected chi connectivity index (χ2v) is 3.48. The van der Waals surface area contributed by atoms with Gasteiger partial charge >= 0.3 is 0 Å². The van der Waals surface area contributed by atoms with E-state index in [1.165, 1.54) is 0 Å². The third-order valence-corrected chi connectivity index (χ3v) is 2.15. The first kappa shape index (κ1) is 9.75. The van der Waals surface area contributed by atoms with E-state index in [9.17, 15) is 0 Å². The number of allylic oxidation sites excluding steroid dienone is 1. The summed E-state index contributed by atoms with van der Waals surface area (Å²) in [5.41, 5.74) is 1.02. The molecule has 0 bridgehead atoms. The lowest BCUT2D eigenvalue weighted by Gasteiger charge is -1.94. The van der Waals surface area contributed by atoms with Crippen molar-refractivity contribution < 1.29 is 0 Å². The highest BCUT2D eigenvalue weighted by Crippen LogP contribution is 2.14. The smallest absolute Gasteiger partial charge is 0.0661 e. The van der Waals surface area contributed by atoms with Gasteiger partial charge in [0, 0.05) is 17.7 Å². The van der Waals surface area contributed by atoms with Gasteiger partial charge in [0.1, 0.15) is 0 Å². The van der Waals surface area contributed by atoms with E-state index in [-0.39, 0.29) is 0 Å². The van der Waals surface area contributed by atoms with Crippen LogP contribution in [0.25, 0.3) is 6.08 Å². The number of rotatable bonds is 3. The molecule has 0 atom stereocenters. The van der Waals surface area contributed by atoms with E-state index in [0.29, 0.717) is 5.02 Å². The zero-order chi connectivity index (χ0) is 8.81. The Kier molecular flexibility index (Phi) is 4.33. The number of hydrogen-bond acceptors (Lipinski definition) is 1. The number of alkyl halides is 1. The number of nitrogens with zero attached hydrogens (tertiary/aromatic N) is 1. The zero-order valence-corrected chi connectivity index (χ0v) is 8.85. The van der Waals surface area contributed by atoms with Gasteiger partial charge in [-0.15, -0.1) is 0 Å². The van der Waals surface area contributed by atoms with E-state index in [2.05, 4.69) is 27.0 Å². The summed E-state index contributed by atoms with van der Waals surface area (Å²) in [5, 5.41) is 1.68. The fraction of sp³-hybridized carbons (Fsp3) is 0.222.